The summed E-state index contributed by atoms with van der Waals surface area (Å²) in [6, 6.07) is 17.2. The minimum atomic E-state index is -0.0355. The number of hydrogen-bond donors (Lipinski definition) is 0. The van der Waals surface area contributed by atoms with Crippen LogP contribution in [0.3, 0.4) is 0 Å². The van der Waals surface area contributed by atoms with Crippen molar-refractivity contribution in [3.63, 3.8) is 0 Å². The minimum absolute atomic E-state index is 0.0280. The monoisotopic (exact) mass is 336 g/mol. The number of amides is 2. The van der Waals surface area contributed by atoms with Crippen LogP contribution in [0.15, 0.2) is 60.7 Å². The summed E-state index contributed by atoms with van der Waals surface area (Å²) in [4.78, 5) is 27.6. The molecule has 2 aromatic rings. The Morgan fingerprint density at radius 3 is 2.16 bits per heavy atom. The van der Waals surface area contributed by atoms with Crippen LogP contribution in [0.2, 0.25) is 0 Å². The Morgan fingerprint density at radius 2 is 1.60 bits per heavy atom. The first-order valence-corrected chi connectivity index (χ1v) is 8.34. The molecule has 0 atom stereocenters. The summed E-state index contributed by atoms with van der Waals surface area (Å²) in [5, 5.41) is 0. The lowest BCUT2D eigenvalue weighted by atomic mass is 10.1. The summed E-state index contributed by atoms with van der Waals surface area (Å²) in [5.41, 5.74) is 2.63. The van der Waals surface area contributed by atoms with Crippen LogP contribution in [0.25, 0.3) is 6.08 Å². The van der Waals surface area contributed by atoms with Gasteiger partial charge in [-0.25, -0.2) is 0 Å². The van der Waals surface area contributed by atoms with Gasteiger partial charge in [-0.3, -0.25) is 9.59 Å². The maximum atomic E-state index is 12.4. The number of carbonyl (C=O) groups is 2. The topological polar surface area (TPSA) is 40.6 Å². The van der Waals surface area contributed by atoms with Gasteiger partial charge in [-0.15, -0.1) is 0 Å². The molecule has 25 heavy (non-hydrogen) atoms. The van der Waals surface area contributed by atoms with Gasteiger partial charge in [0.05, 0.1) is 0 Å². The molecule has 0 spiro atoms. The van der Waals surface area contributed by atoms with Gasteiger partial charge in [0.25, 0.3) is 5.91 Å². The van der Waals surface area contributed by atoms with Crippen molar-refractivity contribution in [3.8, 4) is 0 Å². The van der Waals surface area contributed by atoms with Crippen LogP contribution in [0.4, 0.5) is 0 Å². The number of rotatable bonds is 6. The van der Waals surface area contributed by atoms with Crippen LogP contribution >= 0.6 is 0 Å². The van der Waals surface area contributed by atoms with E-state index in [0.29, 0.717) is 18.7 Å². The van der Waals surface area contributed by atoms with Gasteiger partial charge in [-0.05, 0) is 36.3 Å². The smallest absolute Gasteiger partial charge is 0.253 e. The second-order valence-corrected chi connectivity index (χ2v) is 5.99. The van der Waals surface area contributed by atoms with E-state index in [2.05, 4.69) is 0 Å². The Hall–Kier alpha value is -2.88. The van der Waals surface area contributed by atoms with Gasteiger partial charge >= 0.3 is 0 Å². The maximum absolute atomic E-state index is 12.4. The highest BCUT2D eigenvalue weighted by atomic mass is 16.2. The van der Waals surface area contributed by atoms with Crippen molar-refractivity contribution >= 4 is 17.9 Å². The zero-order valence-electron chi connectivity index (χ0n) is 15.0. The first kappa shape index (κ1) is 18.5. The average Bonchev–Trinajstić information content (AvgIpc) is 2.64. The molecule has 0 unspecified atom stereocenters. The third-order valence-electron chi connectivity index (χ3n) is 3.89. The Balaban J connectivity index is 2.01. The minimum Gasteiger partial charge on any atom is -0.345 e. The quantitative estimate of drug-likeness (QED) is 0.758. The second kappa shape index (κ2) is 8.83. The molecule has 2 amide bonds. The molecule has 2 aromatic carbocycles. The molecule has 0 heterocycles. The maximum Gasteiger partial charge on any atom is 0.253 e. The van der Waals surface area contributed by atoms with Crippen molar-refractivity contribution in [1.82, 2.24) is 9.80 Å². The summed E-state index contributed by atoms with van der Waals surface area (Å²) in [6.07, 6.45) is 3.36. The molecule has 0 N–H and O–H groups in total. The predicted molar refractivity (Wildman–Crippen MR) is 101 cm³/mol. The second-order valence-electron chi connectivity index (χ2n) is 5.99. The van der Waals surface area contributed by atoms with Gasteiger partial charge in [0.15, 0.2) is 0 Å². The fourth-order valence-electron chi connectivity index (χ4n) is 2.42. The first-order chi connectivity index (χ1) is 12.0. The Morgan fingerprint density at radius 1 is 0.960 bits per heavy atom. The van der Waals surface area contributed by atoms with Crippen molar-refractivity contribution in [1.29, 1.82) is 0 Å². The van der Waals surface area contributed by atoms with Gasteiger partial charge in [-0.2, -0.15) is 0 Å². The van der Waals surface area contributed by atoms with Crippen LogP contribution < -0.4 is 0 Å². The van der Waals surface area contributed by atoms with E-state index in [1.165, 1.54) is 4.90 Å². The van der Waals surface area contributed by atoms with Crippen molar-refractivity contribution in [2.75, 3.05) is 20.6 Å². The average molecular weight is 336 g/mol. The van der Waals surface area contributed by atoms with E-state index in [1.54, 1.807) is 43.3 Å². The molecule has 4 nitrogen and oxygen atoms in total. The third-order valence-corrected chi connectivity index (χ3v) is 3.89. The standard InChI is InChI=1S/C21H24N2O2/c1-4-23(16-18-8-6-5-7-9-18)20(24)15-12-17-10-13-19(14-11-17)21(25)22(2)3/h5-15H,4,16H2,1-3H3/b15-12+. The number of carbonyl (C=O) groups excluding carboxylic acids is 2. The summed E-state index contributed by atoms with van der Waals surface area (Å²) in [6.45, 7) is 3.21. The van der Waals surface area contributed by atoms with E-state index in [4.69, 9.17) is 0 Å². The number of hydrogen-bond acceptors (Lipinski definition) is 2. The van der Waals surface area contributed by atoms with Crippen LogP contribution in [-0.2, 0) is 11.3 Å². The van der Waals surface area contributed by atoms with E-state index < -0.39 is 0 Å². The molecule has 0 fully saturated rings. The molecular formula is C21H24N2O2. The molecule has 0 aliphatic rings. The highest BCUT2D eigenvalue weighted by Crippen LogP contribution is 2.09. The molecule has 4 heteroatoms. The summed E-state index contributed by atoms with van der Waals surface area (Å²) >= 11 is 0. The molecular weight excluding hydrogens is 312 g/mol. The van der Waals surface area contributed by atoms with Crippen LogP contribution in [0.5, 0.6) is 0 Å². The predicted octanol–water partition coefficient (Wildman–Crippen LogP) is 3.45. The number of benzene rings is 2. The van der Waals surface area contributed by atoms with E-state index in [9.17, 15) is 9.59 Å². The van der Waals surface area contributed by atoms with Gasteiger partial charge in [-0.1, -0.05) is 42.5 Å². The fourth-order valence-corrected chi connectivity index (χ4v) is 2.42. The highest BCUT2D eigenvalue weighted by molar-refractivity contribution is 5.94. The highest BCUT2D eigenvalue weighted by Gasteiger charge is 2.09. The zero-order chi connectivity index (χ0) is 18.2. The van der Waals surface area contributed by atoms with Crippen LogP contribution in [0.1, 0.15) is 28.4 Å². The van der Waals surface area contributed by atoms with Gasteiger partial charge in [0, 0.05) is 38.8 Å². The number of likely N-dealkylation sites (N-methyl/N-ethyl adjacent to an activating group) is 1. The Bertz CT molecular complexity index is 734. The van der Waals surface area contributed by atoms with E-state index in [0.717, 1.165) is 11.1 Å². The fraction of sp³-hybridized carbons (Fsp3) is 0.238. The van der Waals surface area contributed by atoms with Crippen LogP contribution in [0, 0.1) is 0 Å². The molecule has 0 saturated carbocycles. The van der Waals surface area contributed by atoms with Gasteiger partial charge < -0.3 is 9.80 Å². The van der Waals surface area contributed by atoms with Crippen molar-refractivity contribution < 1.29 is 9.59 Å². The van der Waals surface area contributed by atoms with E-state index in [-0.39, 0.29) is 11.8 Å². The van der Waals surface area contributed by atoms with Gasteiger partial charge in [0.1, 0.15) is 0 Å². The first-order valence-electron chi connectivity index (χ1n) is 8.34. The van der Waals surface area contributed by atoms with Crippen molar-refractivity contribution in [3.05, 3.63) is 77.4 Å². The van der Waals surface area contributed by atoms with Crippen LogP contribution in [-0.4, -0.2) is 42.3 Å². The molecule has 0 bridgehead atoms. The SMILES string of the molecule is CCN(Cc1ccccc1)C(=O)/C=C/c1ccc(C(=O)N(C)C)cc1. The third kappa shape index (κ3) is 5.31. The van der Waals surface area contributed by atoms with Crippen molar-refractivity contribution in [2.24, 2.45) is 0 Å². The van der Waals surface area contributed by atoms with E-state index >= 15 is 0 Å². The lowest BCUT2D eigenvalue weighted by Gasteiger charge is -2.19. The lowest BCUT2D eigenvalue weighted by Crippen LogP contribution is -2.28. The lowest BCUT2D eigenvalue weighted by molar-refractivity contribution is -0.126. The zero-order valence-corrected chi connectivity index (χ0v) is 15.0. The molecule has 0 saturated heterocycles. The molecule has 0 radical (unpaired) electrons. The van der Waals surface area contributed by atoms with E-state index in [1.807, 2.05) is 49.4 Å². The van der Waals surface area contributed by atoms with Crippen molar-refractivity contribution in [2.45, 2.75) is 13.5 Å². The molecule has 0 aliphatic carbocycles. The summed E-state index contributed by atoms with van der Waals surface area (Å²) in [7, 11) is 3.45. The molecule has 2 rings (SSSR count). The summed E-state index contributed by atoms with van der Waals surface area (Å²) in [5.74, 6) is -0.0635. The molecule has 0 aromatic heterocycles. The Labute approximate surface area is 149 Å². The number of nitrogens with zero attached hydrogens (tertiary/aromatic N) is 2. The normalized spacial score (nSPS) is 10.7. The largest absolute Gasteiger partial charge is 0.345 e. The summed E-state index contributed by atoms with van der Waals surface area (Å²) < 4.78 is 0. The molecule has 130 valence electrons. The molecule has 0 aliphatic heterocycles. The Kier molecular flexibility index (Phi) is 6.52. The van der Waals surface area contributed by atoms with Gasteiger partial charge in [0.2, 0.25) is 5.91 Å².